The number of amides is 1. The fraction of sp³-hybridized carbons (Fsp3) is 0.478. The number of nitrogens with two attached hydrogens (primary N) is 1. The quantitative estimate of drug-likeness (QED) is 0.607. The summed E-state index contributed by atoms with van der Waals surface area (Å²) >= 11 is 1.34. The number of nitrogens with one attached hydrogen (secondary N) is 1. The molecule has 1 aromatic carbocycles. The number of carbonyl (C=O) groups excluding carboxylic acids is 1. The Morgan fingerprint density at radius 2 is 2.06 bits per heavy atom. The predicted octanol–water partition coefficient (Wildman–Crippen LogP) is 3.61. The van der Waals surface area contributed by atoms with Crippen LogP contribution in [-0.2, 0) is 10.3 Å². The number of benzene rings is 1. The van der Waals surface area contributed by atoms with Gasteiger partial charge in [0.15, 0.2) is 5.17 Å². The van der Waals surface area contributed by atoms with Gasteiger partial charge in [-0.15, -0.1) is 0 Å². The minimum Gasteiger partial charge on any atom is -0.479 e. The summed E-state index contributed by atoms with van der Waals surface area (Å²) in [5, 5.41) is 3.00. The first-order chi connectivity index (χ1) is 16.4. The molecule has 1 aromatic heterocycles. The van der Waals surface area contributed by atoms with E-state index in [0.29, 0.717) is 28.7 Å². The molecule has 1 saturated heterocycles. The number of aryl methyl sites for hydroxylation is 1. The monoisotopic (exact) mass is 506 g/mol. The lowest BCUT2D eigenvalue weighted by Crippen LogP contribution is -2.44. The highest BCUT2D eigenvalue weighted by molar-refractivity contribution is 8.13. The number of nitrogen functional groups attached to an aromatic ring is 1. The molecule has 2 atom stereocenters. The molecule has 2 unspecified atom stereocenters. The Balaban J connectivity index is 1.76. The van der Waals surface area contributed by atoms with Crippen LogP contribution in [0.4, 0.5) is 25.2 Å². The highest BCUT2D eigenvalue weighted by Gasteiger charge is 2.52. The summed E-state index contributed by atoms with van der Waals surface area (Å²) < 4.78 is 39.9. The summed E-state index contributed by atoms with van der Waals surface area (Å²) in [5.74, 6) is -0.671. The zero-order valence-electron chi connectivity index (χ0n) is 20.2. The number of nitrogens with zero attached hydrogens (tertiary/aromatic N) is 4. The molecule has 0 radical (unpaired) electrons. The smallest absolute Gasteiger partial charge is 0.413 e. The zero-order valence-corrected chi connectivity index (χ0v) is 21.0. The second-order valence-electron chi connectivity index (χ2n) is 9.53. The first-order valence-electron chi connectivity index (χ1n) is 11.0. The molecule has 2 aliphatic heterocycles. The van der Waals surface area contributed by atoms with Crippen LogP contribution in [0.15, 0.2) is 23.2 Å². The topological polar surface area (TPSA) is 115 Å². The Bertz CT molecular complexity index is 1190. The Labute approximate surface area is 206 Å². The van der Waals surface area contributed by atoms with Gasteiger partial charge in [-0.05, 0) is 45.9 Å². The van der Waals surface area contributed by atoms with E-state index < -0.39 is 28.9 Å². The van der Waals surface area contributed by atoms with Gasteiger partial charge in [0.25, 0.3) is 5.88 Å². The third-order valence-electron chi connectivity index (χ3n) is 5.79. The number of rotatable bonds is 3. The molecule has 2 aliphatic rings. The standard InChI is InChI=1S/C23H28F2N6O3S/c1-12-17(25)18(33-5)28-19(27-12)31-9-13-10-35-20(29-21(32)34-22(2,3)4)30-23(13,11-31)15-8-14(26)6-7-16(15)24/h6-8,13H,9-11,26H2,1-5H3,(H,29,30,32). The van der Waals surface area contributed by atoms with Gasteiger partial charge in [0.1, 0.15) is 17.0 Å². The summed E-state index contributed by atoms with van der Waals surface area (Å²) in [4.78, 5) is 27.6. The van der Waals surface area contributed by atoms with E-state index in [-0.39, 0.29) is 30.0 Å². The molecule has 3 N–H and O–H groups in total. The molecular weight excluding hydrogens is 478 g/mol. The molecule has 0 aliphatic carbocycles. The highest BCUT2D eigenvalue weighted by Crippen LogP contribution is 2.47. The van der Waals surface area contributed by atoms with Crippen molar-refractivity contribution >= 4 is 34.7 Å². The van der Waals surface area contributed by atoms with Crippen LogP contribution in [0, 0.1) is 24.5 Å². The maximum absolute atomic E-state index is 15.2. The lowest BCUT2D eigenvalue weighted by molar-refractivity contribution is 0.0564. The van der Waals surface area contributed by atoms with E-state index >= 15 is 4.39 Å². The molecule has 4 rings (SSSR count). The number of methoxy groups -OCH3 is 1. The van der Waals surface area contributed by atoms with Gasteiger partial charge < -0.3 is 20.1 Å². The van der Waals surface area contributed by atoms with Gasteiger partial charge in [0, 0.05) is 29.5 Å². The Kier molecular flexibility index (Phi) is 6.52. The lowest BCUT2D eigenvalue weighted by Gasteiger charge is -2.35. The number of aliphatic imine (C=N–C) groups is 1. The van der Waals surface area contributed by atoms with Crippen molar-refractivity contribution in [1.82, 2.24) is 15.3 Å². The first kappa shape index (κ1) is 25.0. The average Bonchev–Trinajstić information content (AvgIpc) is 3.15. The zero-order chi connectivity index (χ0) is 25.5. The maximum atomic E-state index is 15.2. The van der Waals surface area contributed by atoms with Crippen molar-refractivity contribution in [2.24, 2.45) is 10.9 Å². The normalized spacial score (nSPS) is 21.9. The molecule has 0 spiro atoms. The number of halogens is 2. The summed E-state index contributed by atoms with van der Waals surface area (Å²) in [6.45, 7) is 7.42. The number of anilines is 2. The fourth-order valence-electron chi connectivity index (χ4n) is 4.25. The molecule has 12 heteroatoms. The number of thioether (sulfide) groups is 1. The molecule has 3 heterocycles. The van der Waals surface area contributed by atoms with E-state index in [4.69, 9.17) is 20.2 Å². The van der Waals surface area contributed by atoms with Gasteiger partial charge in [-0.2, -0.15) is 9.37 Å². The maximum Gasteiger partial charge on any atom is 0.413 e. The SMILES string of the molecule is COc1nc(N2CC3CSC(NC(=O)OC(C)(C)C)=NC3(c3cc(N)ccc3F)C2)nc(C)c1F. The van der Waals surface area contributed by atoms with Crippen LogP contribution >= 0.6 is 11.8 Å². The van der Waals surface area contributed by atoms with Crippen LogP contribution in [0.1, 0.15) is 32.0 Å². The highest BCUT2D eigenvalue weighted by atomic mass is 32.2. The number of amidine groups is 1. The summed E-state index contributed by atoms with van der Waals surface area (Å²) in [5.41, 5.74) is 5.06. The minimum absolute atomic E-state index is 0.135. The third kappa shape index (κ3) is 4.97. The number of aromatic nitrogens is 2. The van der Waals surface area contributed by atoms with Gasteiger partial charge in [-0.3, -0.25) is 5.32 Å². The van der Waals surface area contributed by atoms with Crippen molar-refractivity contribution in [3.63, 3.8) is 0 Å². The van der Waals surface area contributed by atoms with E-state index in [1.807, 2.05) is 4.90 Å². The third-order valence-corrected chi connectivity index (χ3v) is 6.82. The second kappa shape index (κ2) is 9.14. The average molecular weight is 507 g/mol. The number of carbonyl (C=O) groups is 1. The van der Waals surface area contributed by atoms with Gasteiger partial charge in [0.2, 0.25) is 11.8 Å². The van der Waals surface area contributed by atoms with E-state index in [1.54, 1.807) is 26.8 Å². The number of hydrogen-bond donors (Lipinski definition) is 2. The molecule has 188 valence electrons. The summed E-state index contributed by atoms with van der Waals surface area (Å²) in [7, 11) is 1.33. The van der Waals surface area contributed by atoms with Gasteiger partial charge in [-0.25, -0.2) is 19.2 Å². The minimum atomic E-state index is -1.09. The number of ether oxygens (including phenoxy) is 2. The molecular formula is C23H28F2N6O3S. The number of fused-ring (bicyclic) bond motifs is 1. The van der Waals surface area contributed by atoms with Crippen molar-refractivity contribution in [1.29, 1.82) is 0 Å². The van der Waals surface area contributed by atoms with E-state index in [2.05, 4.69) is 15.3 Å². The fourth-order valence-corrected chi connectivity index (χ4v) is 5.38. The van der Waals surface area contributed by atoms with Crippen molar-refractivity contribution in [2.45, 2.75) is 38.8 Å². The molecule has 0 saturated carbocycles. The summed E-state index contributed by atoms with van der Waals surface area (Å²) in [6.07, 6.45) is -0.650. The van der Waals surface area contributed by atoms with Crippen LogP contribution in [0.5, 0.6) is 5.88 Å². The number of alkyl carbamates (subject to hydrolysis) is 1. The predicted molar refractivity (Wildman–Crippen MR) is 131 cm³/mol. The Hall–Kier alpha value is -3.15. The molecule has 2 aromatic rings. The van der Waals surface area contributed by atoms with Gasteiger partial charge in [-0.1, -0.05) is 11.8 Å². The lowest BCUT2D eigenvalue weighted by atomic mass is 9.81. The van der Waals surface area contributed by atoms with Crippen molar-refractivity contribution in [2.75, 3.05) is 36.6 Å². The first-order valence-corrected chi connectivity index (χ1v) is 12.0. The van der Waals surface area contributed by atoms with Crippen LogP contribution in [-0.4, -0.2) is 52.8 Å². The van der Waals surface area contributed by atoms with Crippen LogP contribution in [0.3, 0.4) is 0 Å². The molecule has 1 fully saturated rings. The van der Waals surface area contributed by atoms with Crippen molar-refractivity contribution in [3.05, 3.63) is 41.1 Å². The van der Waals surface area contributed by atoms with E-state index in [9.17, 15) is 9.18 Å². The molecule has 1 amide bonds. The molecule has 35 heavy (non-hydrogen) atoms. The summed E-state index contributed by atoms with van der Waals surface area (Å²) in [6, 6.07) is 4.35. The van der Waals surface area contributed by atoms with Gasteiger partial charge in [0.05, 0.1) is 19.3 Å². The molecule has 9 nitrogen and oxygen atoms in total. The van der Waals surface area contributed by atoms with Crippen molar-refractivity contribution < 1.29 is 23.0 Å². The number of hydrogen-bond acceptors (Lipinski definition) is 9. The van der Waals surface area contributed by atoms with E-state index in [1.165, 1.54) is 37.9 Å². The van der Waals surface area contributed by atoms with Crippen LogP contribution in [0.25, 0.3) is 0 Å². The van der Waals surface area contributed by atoms with E-state index in [0.717, 1.165) is 0 Å². The van der Waals surface area contributed by atoms with Crippen LogP contribution < -0.4 is 20.7 Å². The molecule has 0 bridgehead atoms. The Morgan fingerprint density at radius 1 is 1.31 bits per heavy atom. The van der Waals surface area contributed by atoms with Crippen molar-refractivity contribution in [3.8, 4) is 5.88 Å². The van der Waals surface area contributed by atoms with Gasteiger partial charge >= 0.3 is 6.09 Å². The largest absolute Gasteiger partial charge is 0.479 e. The second-order valence-corrected chi connectivity index (χ2v) is 10.5. The van der Waals surface area contributed by atoms with Crippen LogP contribution in [0.2, 0.25) is 0 Å². The Morgan fingerprint density at radius 3 is 2.74 bits per heavy atom.